The van der Waals surface area contributed by atoms with Gasteiger partial charge < -0.3 is 10.1 Å². The maximum atomic E-state index is 12.7. The molecule has 2 amide bonds. The number of carbonyl (C=O) groups is 2. The number of benzene rings is 2. The summed E-state index contributed by atoms with van der Waals surface area (Å²) in [5, 5.41) is 3.00. The summed E-state index contributed by atoms with van der Waals surface area (Å²) in [5.41, 5.74) is 2.58. The maximum Gasteiger partial charge on any atom is 0.242 e. The van der Waals surface area contributed by atoms with Crippen LogP contribution in [-0.2, 0) is 9.59 Å². The molecule has 1 N–H and O–H groups in total. The number of hydrogen-bond donors (Lipinski definition) is 1. The van der Waals surface area contributed by atoms with E-state index in [0.29, 0.717) is 17.4 Å². The average molecular weight is 398 g/mol. The van der Waals surface area contributed by atoms with Gasteiger partial charge in [0, 0.05) is 18.7 Å². The molecule has 6 nitrogen and oxygen atoms in total. The maximum absolute atomic E-state index is 12.7. The van der Waals surface area contributed by atoms with Crippen molar-refractivity contribution in [1.82, 2.24) is 4.90 Å². The molecular weight excluding hydrogens is 374 g/mol. The zero-order valence-electron chi connectivity index (χ0n) is 16.1. The van der Waals surface area contributed by atoms with E-state index in [1.165, 1.54) is 11.8 Å². The van der Waals surface area contributed by atoms with Gasteiger partial charge in [-0.15, -0.1) is 0 Å². The average Bonchev–Trinajstić information content (AvgIpc) is 2.96. The highest BCUT2D eigenvalue weighted by Gasteiger charge is 2.38. The highest BCUT2D eigenvalue weighted by Crippen LogP contribution is 2.32. The number of amidine groups is 1. The van der Waals surface area contributed by atoms with E-state index in [1.54, 1.807) is 36.3 Å². The number of hydrogen-bond acceptors (Lipinski definition) is 5. The van der Waals surface area contributed by atoms with Gasteiger partial charge in [-0.05, 0) is 55.8 Å². The third-order valence-electron chi connectivity index (χ3n) is 4.31. The molecule has 3 rings (SSSR count). The van der Waals surface area contributed by atoms with Gasteiger partial charge in [0.15, 0.2) is 5.17 Å². The zero-order chi connectivity index (χ0) is 20.1. The Labute approximate surface area is 169 Å². The first-order chi connectivity index (χ1) is 13.5. The summed E-state index contributed by atoms with van der Waals surface area (Å²) in [5.74, 6) is 0.433. The molecule has 1 fully saturated rings. The number of nitrogens with zero attached hydrogens (tertiary/aromatic N) is 2. The van der Waals surface area contributed by atoms with E-state index in [-0.39, 0.29) is 18.2 Å². The van der Waals surface area contributed by atoms with Gasteiger partial charge in [-0.1, -0.05) is 23.9 Å². The largest absolute Gasteiger partial charge is 0.497 e. The first kappa shape index (κ1) is 19.9. The molecule has 0 bridgehead atoms. The van der Waals surface area contributed by atoms with Crippen LogP contribution in [0.1, 0.15) is 18.9 Å². The van der Waals surface area contributed by atoms with E-state index in [1.807, 2.05) is 38.1 Å². The van der Waals surface area contributed by atoms with Crippen LogP contribution in [0.15, 0.2) is 53.5 Å². The second kappa shape index (κ2) is 8.93. The van der Waals surface area contributed by atoms with Crippen LogP contribution in [-0.4, -0.2) is 40.8 Å². The van der Waals surface area contributed by atoms with Crippen LogP contribution in [0.5, 0.6) is 5.75 Å². The number of ether oxygens (including phenoxy) is 1. The van der Waals surface area contributed by atoms with Crippen LogP contribution in [0.3, 0.4) is 0 Å². The summed E-state index contributed by atoms with van der Waals surface area (Å²) >= 11 is 1.34. The summed E-state index contributed by atoms with van der Waals surface area (Å²) in [6.45, 7) is 4.43. The van der Waals surface area contributed by atoms with Crippen molar-refractivity contribution in [2.45, 2.75) is 25.5 Å². The third-order valence-corrected chi connectivity index (χ3v) is 5.48. The zero-order valence-corrected chi connectivity index (χ0v) is 17.0. The fraction of sp³-hybridized carbons (Fsp3) is 0.286. The number of nitrogens with one attached hydrogen (secondary N) is 1. The lowest BCUT2D eigenvalue weighted by Crippen LogP contribution is -2.33. The quantitative estimate of drug-likeness (QED) is 0.800. The smallest absolute Gasteiger partial charge is 0.242 e. The number of anilines is 1. The molecule has 28 heavy (non-hydrogen) atoms. The lowest BCUT2D eigenvalue weighted by atomic mass is 10.2. The Bertz CT molecular complexity index is 896. The minimum absolute atomic E-state index is 0.0798. The molecule has 1 aliphatic heterocycles. The van der Waals surface area contributed by atoms with Crippen molar-refractivity contribution in [3.05, 3.63) is 54.1 Å². The number of methoxy groups -OCH3 is 1. The van der Waals surface area contributed by atoms with Crippen molar-refractivity contribution in [2.75, 3.05) is 19.0 Å². The number of thioether (sulfide) groups is 1. The van der Waals surface area contributed by atoms with Crippen molar-refractivity contribution in [2.24, 2.45) is 4.99 Å². The number of carbonyl (C=O) groups excluding carboxylic acids is 2. The Morgan fingerprint density at radius 2 is 2.00 bits per heavy atom. The van der Waals surface area contributed by atoms with E-state index in [0.717, 1.165) is 17.0 Å². The second-order valence-corrected chi connectivity index (χ2v) is 7.57. The fourth-order valence-corrected chi connectivity index (χ4v) is 4.10. The molecule has 146 valence electrons. The van der Waals surface area contributed by atoms with Gasteiger partial charge in [0.1, 0.15) is 11.0 Å². The molecule has 1 aliphatic rings. The van der Waals surface area contributed by atoms with Crippen molar-refractivity contribution >= 4 is 40.1 Å². The molecule has 0 aliphatic carbocycles. The van der Waals surface area contributed by atoms with Crippen molar-refractivity contribution in [3.63, 3.8) is 0 Å². The minimum Gasteiger partial charge on any atom is -0.497 e. The topological polar surface area (TPSA) is 71.0 Å². The van der Waals surface area contributed by atoms with E-state index in [4.69, 9.17) is 4.74 Å². The summed E-state index contributed by atoms with van der Waals surface area (Å²) in [4.78, 5) is 31.4. The van der Waals surface area contributed by atoms with E-state index in [2.05, 4.69) is 10.3 Å². The van der Waals surface area contributed by atoms with Gasteiger partial charge in [-0.25, -0.2) is 4.99 Å². The SMILES string of the molecule is CCN1C(=O)[C@@H](CC(=O)Nc2ccc(OC)cc2)SC1=Nc1cccc(C)c1. The summed E-state index contributed by atoms with van der Waals surface area (Å²) < 4.78 is 5.11. The molecule has 1 heterocycles. The minimum atomic E-state index is -0.471. The lowest BCUT2D eigenvalue weighted by molar-refractivity contribution is -0.128. The van der Waals surface area contributed by atoms with Crippen molar-refractivity contribution in [1.29, 1.82) is 0 Å². The summed E-state index contributed by atoms with van der Waals surface area (Å²) in [7, 11) is 1.59. The predicted molar refractivity (Wildman–Crippen MR) is 113 cm³/mol. The van der Waals surface area contributed by atoms with E-state index >= 15 is 0 Å². The summed E-state index contributed by atoms with van der Waals surface area (Å²) in [6, 6.07) is 14.9. The predicted octanol–water partition coefficient (Wildman–Crippen LogP) is 3.98. The molecule has 1 saturated heterocycles. The Morgan fingerprint density at radius 3 is 2.64 bits per heavy atom. The standard InChI is InChI=1S/C21H23N3O3S/c1-4-24-20(26)18(28-21(24)23-16-7-5-6-14(2)12-16)13-19(25)22-15-8-10-17(27-3)11-9-15/h5-12,18H,4,13H2,1-3H3,(H,22,25)/t18-/m1/s1. The van der Waals surface area contributed by atoms with Gasteiger partial charge >= 0.3 is 0 Å². The second-order valence-electron chi connectivity index (χ2n) is 6.40. The highest BCUT2D eigenvalue weighted by atomic mass is 32.2. The van der Waals surface area contributed by atoms with E-state index < -0.39 is 5.25 Å². The number of aliphatic imine (C=N–C) groups is 1. The molecule has 2 aromatic carbocycles. The number of aryl methyl sites for hydroxylation is 1. The van der Waals surface area contributed by atoms with Crippen LogP contribution in [0.4, 0.5) is 11.4 Å². The molecule has 0 unspecified atom stereocenters. The monoisotopic (exact) mass is 397 g/mol. The molecular formula is C21H23N3O3S. The normalized spacial score (nSPS) is 17.8. The Hall–Kier alpha value is -2.80. The summed E-state index contributed by atoms with van der Waals surface area (Å²) in [6.07, 6.45) is 0.0961. The highest BCUT2D eigenvalue weighted by molar-refractivity contribution is 8.15. The molecule has 0 radical (unpaired) electrons. The molecule has 2 aromatic rings. The van der Waals surface area contributed by atoms with Crippen molar-refractivity contribution < 1.29 is 14.3 Å². The first-order valence-electron chi connectivity index (χ1n) is 9.07. The third kappa shape index (κ3) is 4.72. The van der Waals surface area contributed by atoms with Gasteiger partial charge in [-0.2, -0.15) is 0 Å². The Morgan fingerprint density at radius 1 is 1.25 bits per heavy atom. The molecule has 0 spiro atoms. The molecule has 7 heteroatoms. The Kier molecular flexibility index (Phi) is 6.36. The number of rotatable bonds is 6. The van der Waals surface area contributed by atoms with Gasteiger partial charge in [0.25, 0.3) is 0 Å². The van der Waals surface area contributed by atoms with Crippen molar-refractivity contribution in [3.8, 4) is 5.75 Å². The molecule has 0 aromatic heterocycles. The van der Waals surface area contributed by atoms with Crippen LogP contribution in [0.2, 0.25) is 0 Å². The molecule has 0 saturated carbocycles. The Balaban J connectivity index is 1.68. The van der Waals surface area contributed by atoms with Gasteiger partial charge in [0.2, 0.25) is 11.8 Å². The van der Waals surface area contributed by atoms with Gasteiger partial charge in [-0.3, -0.25) is 14.5 Å². The van der Waals surface area contributed by atoms with Crippen LogP contribution < -0.4 is 10.1 Å². The fourth-order valence-electron chi connectivity index (χ4n) is 2.88. The first-order valence-corrected chi connectivity index (χ1v) is 9.95. The molecule has 1 atom stereocenters. The number of amides is 2. The van der Waals surface area contributed by atoms with Crippen LogP contribution >= 0.6 is 11.8 Å². The van der Waals surface area contributed by atoms with E-state index in [9.17, 15) is 9.59 Å². The van der Waals surface area contributed by atoms with Gasteiger partial charge in [0.05, 0.1) is 12.8 Å². The van der Waals surface area contributed by atoms with Crippen LogP contribution in [0.25, 0.3) is 0 Å². The van der Waals surface area contributed by atoms with Crippen LogP contribution in [0, 0.1) is 6.92 Å². The lowest BCUT2D eigenvalue weighted by Gasteiger charge is -2.13.